The molecular weight excluding hydrogens is 258 g/mol. The summed E-state index contributed by atoms with van der Waals surface area (Å²) in [7, 11) is 0. The first-order chi connectivity index (χ1) is 9.56. The Labute approximate surface area is 119 Å². The average Bonchev–Trinajstić information content (AvgIpc) is 2.40. The van der Waals surface area contributed by atoms with Crippen molar-refractivity contribution in [3.63, 3.8) is 0 Å². The van der Waals surface area contributed by atoms with Gasteiger partial charge in [0.25, 0.3) is 0 Å². The number of carbonyl (C=O) groups is 1. The highest BCUT2D eigenvalue weighted by Gasteiger charge is 2.10. The maximum absolute atomic E-state index is 11.8. The van der Waals surface area contributed by atoms with Gasteiger partial charge in [0.15, 0.2) is 0 Å². The second kappa shape index (κ2) is 8.43. The minimum atomic E-state index is -0.484. The van der Waals surface area contributed by atoms with Gasteiger partial charge in [0.2, 0.25) is 5.91 Å². The van der Waals surface area contributed by atoms with Crippen molar-refractivity contribution in [2.75, 3.05) is 18.5 Å². The van der Waals surface area contributed by atoms with Crippen molar-refractivity contribution in [1.82, 2.24) is 0 Å². The van der Waals surface area contributed by atoms with Crippen LogP contribution in [0.15, 0.2) is 18.2 Å². The molecule has 1 aromatic rings. The predicted molar refractivity (Wildman–Crippen MR) is 78.3 cm³/mol. The molecule has 2 N–H and O–H groups in total. The number of carbonyl (C=O) groups excluding carboxylic acids is 1. The Bertz CT molecular complexity index is 432. The molecule has 5 heteroatoms. The highest BCUT2D eigenvalue weighted by atomic mass is 16.5. The largest absolute Gasteiger partial charge is 0.494 e. The van der Waals surface area contributed by atoms with E-state index >= 15 is 0 Å². The lowest BCUT2D eigenvalue weighted by Gasteiger charge is -2.13. The summed E-state index contributed by atoms with van der Waals surface area (Å²) in [6.45, 7) is 6.52. The summed E-state index contributed by atoms with van der Waals surface area (Å²) in [6.07, 6.45) is 0.213. The Morgan fingerprint density at radius 1 is 1.30 bits per heavy atom. The van der Waals surface area contributed by atoms with Crippen LogP contribution in [-0.2, 0) is 4.79 Å². The van der Waals surface area contributed by atoms with Gasteiger partial charge in [0.1, 0.15) is 11.5 Å². The van der Waals surface area contributed by atoms with Gasteiger partial charge in [-0.3, -0.25) is 4.79 Å². The van der Waals surface area contributed by atoms with Gasteiger partial charge in [-0.05, 0) is 39.3 Å². The lowest BCUT2D eigenvalue weighted by molar-refractivity contribution is -0.116. The Hall–Kier alpha value is -1.75. The van der Waals surface area contributed by atoms with E-state index in [1.54, 1.807) is 25.1 Å². The third kappa shape index (κ3) is 5.48. The number of aliphatic hydroxyl groups excluding tert-OH is 1. The minimum absolute atomic E-state index is 0.152. The van der Waals surface area contributed by atoms with E-state index in [0.29, 0.717) is 36.8 Å². The molecule has 1 rings (SSSR count). The topological polar surface area (TPSA) is 67.8 Å². The van der Waals surface area contributed by atoms with Crippen LogP contribution in [0.5, 0.6) is 11.5 Å². The van der Waals surface area contributed by atoms with Crippen LogP contribution < -0.4 is 14.8 Å². The highest BCUT2D eigenvalue weighted by Crippen LogP contribution is 2.29. The molecule has 0 spiro atoms. The maximum Gasteiger partial charge on any atom is 0.224 e. The molecule has 5 nitrogen and oxygen atoms in total. The lowest BCUT2D eigenvalue weighted by atomic mass is 10.2. The summed E-state index contributed by atoms with van der Waals surface area (Å²) in [4.78, 5) is 11.8. The van der Waals surface area contributed by atoms with Crippen molar-refractivity contribution in [2.24, 2.45) is 0 Å². The zero-order valence-electron chi connectivity index (χ0n) is 12.3. The van der Waals surface area contributed by atoms with Gasteiger partial charge in [-0.25, -0.2) is 0 Å². The number of rotatable bonds is 8. The molecule has 0 radical (unpaired) electrons. The first-order valence-electron chi connectivity index (χ1n) is 6.94. The van der Waals surface area contributed by atoms with Gasteiger partial charge in [0.05, 0.1) is 25.0 Å². The summed E-state index contributed by atoms with van der Waals surface area (Å²) in [6, 6.07) is 5.33. The van der Waals surface area contributed by atoms with Crippen molar-refractivity contribution in [3.05, 3.63) is 18.2 Å². The van der Waals surface area contributed by atoms with Crippen LogP contribution in [0.1, 0.15) is 33.6 Å². The summed E-state index contributed by atoms with van der Waals surface area (Å²) in [5.41, 5.74) is 0.591. The smallest absolute Gasteiger partial charge is 0.224 e. The van der Waals surface area contributed by atoms with Crippen molar-refractivity contribution < 1.29 is 19.4 Å². The third-order valence-corrected chi connectivity index (χ3v) is 2.63. The van der Waals surface area contributed by atoms with Crippen LogP contribution in [0.25, 0.3) is 0 Å². The fourth-order valence-electron chi connectivity index (χ4n) is 1.70. The number of amides is 1. The number of ether oxygens (including phenoxy) is 2. The number of hydrogen-bond acceptors (Lipinski definition) is 4. The van der Waals surface area contributed by atoms with E-state index in [-0.39, 0.29) is 12.3 Å². The van der Waals surface area contributed by atoms with Crippen LogP contribution in [0, 0.1) is 0 Å². The van der Waals surface area contributed by atoms with E-state index in [1.807, 2.05) is 13.8 Å². The van der Waals surface area contributed by atoms with Crippen molar-refractivity contribution in [3.8, 4) is 11.5 Å². The van der Waals surface area contributed by atoms with E-state index in [1.165, 1.54) is 0 Å². The molecule has 0 bridgehead atoms. The van der Waals surface area contributed by atoms with Crippen molar-refractivity contribution >= 4 is 11.6 Å². The quantitative estimate of drug-likeness (QED) is 0.768. The van der Waals surface area contributed by atoms with Crippen LogP contribution in [-0.4, -0.2) is 30.3 Å². The standard InChI is InChI=1S/C15H23NO4/c1-4-19-12-7-8-14(20-5-2)13(10-12)16-15(18)9-6-11(3)17/h7-8,10-11,17H,4-6,9H2,1-3H3,(H,16,18). The molecule has 1 atom stereocenters. The Morgan fingerprint density at radius 3 is 2.60 bits per heavy atom. The fourth-order valence-corrected chi connectivity index (χ4v) is 1.70. The molecule has 20 heavy (non-hydrogen) atoms. The molecule has 0 aliphatic carbocycles. The molecule has 0 aliphatic rings. The van der Waals surface area contributed by atoms with Gasteiger partial charge in [-0.15, -0.1) is 0 Å². The van der Waals surface area contributed by atoms with Crippen LogP contribution in [0.4, 0.5) is 5.69 Å². The van der Waals surface area contributed by atoms with E-state index in [2.05, 4.69) is 5.32 Å². The number of hydrogen-bond donors (Lipinski definition) is 2. The Morgan fingerprint density at radius 2 is 2.00 bits per heavy atom. The number of anilines is 1. The minimum Gasteiger partial charge on any atom is -0.494 e. The molecule has 0 saturated heterocycles. The Balaban J connectivity index is 2.78. The summed E-state index contributed by atoms with van der Waals surface area (Å²) >= 11 is 0. The van der Waals surface area contributed by atoms with Gasteiger partial charge in [0, 0.05) is 12.5 Å². The zero-order valence-corrected chi connectivity index (χ0v) is 12.3. The Kier molecular flexibility index (Phi) is 6.87. The van der Waals surface area contributed by atoms with Crippen LogP contribution >= 0.6 is 0 Å². The molecule has 0 heterocycles. The molecular formula is C15H23NO4. The molecule has 0 aliphatic heterocycles. The summed E-state index contributed by atoms with van der Waals surface area (Å²) in [5.74, 6) is 1.14. The zero-order chi connectivity index (χ0) is 15.0. The van der Waals surface area contributed by atoms with Crippen LogP contribution in [0.3, 0.4) is 0 Å². The second-order valence-electron chi connectivity index (χ2n) is 4.46. The van der Waals surface area contributed by atoms with E-state index in [9.17, 15) is 9.90 Å². The number of benzene rings is 1. The van der Waals surface area contributed by atoms with Crippen molar-refractivity contribution in [2.45, 2.75) is 39.7 Å². The first-order valence-corrected chi connectivity index (χ1v) is 6.94. The molecule has 1 unspecified atom stereocenters. The van der Waals surface area contributed by atoms with E-state index < -0.39 is 6.10 Å². The molecule has 112 valence electrons. The summed E-state index contributed by atoms with van der Waals surface area (Å²) < 4.78 is 10.9. The molecule has 0 fully saturated rings. The monoisotopic (exact) mass is 281 g/mol. The molecule has 0 saturated carbocycles. The average molecular weight is 281 g/mol. The van der Waals surface area contributed by atoms with E-state index in [0.717, 1.165) is 0 Å². The number of nitrogens with one attached hydrogen (secondary N) is 1. The first kappa shape index (κ1) is 16.3. The summed E-state index contributed by atoms with van der Waals surface area (Å²) in [5, 5.41) is 12.0. The van der Waals surface area contributed by atoms with Gasteiger partial charge in [-0.1, -0.05) is 0 Å². The normalized spacial score (nSPS) is 11.8. The fraction of sp³-hybridized carbons (Fsp3) is 0.533. The molecule has 1 amide bonds. The third-order valence-electron chi connectivity index (χ3n) is 2.63. The number of aliphatic hydroxyl groups is 1. The van der Waals surface area contributed by atoms with Gasteiger partial charge < -0.3 is 19.9 Å². The lowest BCUT2D eigenvalue weighted by Crippen LogP contribution is -2.15. The molecule has 1 aromatic carbocycles. The van der Waals surface area contributed by atoms with Crippen LogP contribution in [0.2, 0.25) is 0 Å². The SMILES string of the molecule is CCOc1ccc(OCC)c(NC(=O)CCC(C)O)c1. The van der Waals surface area contributed by atoms with Gasteiger partial charge in [-0.2, -0.15) is 0 Å². The highest BCUT2D eigenvalue weighted by molar-refractivity contribution is 5.92. The van der Waals surface area contributed by atoms with E-state index in [4.69, 9.17) is 9.47 Å². The predicted octanol–water partition coefficient (Wildman–Crippen LogP) is 2.58. The molecule has 0 aromatic heterocycles. The van der Waals surface area contributed by atoms with Gasteiger partial charge >= 0.3 is 0 Å². The maximum atomic E-state index is 11.8. The van der Waals surface area contributed by atoms with Crippen molar-refractivity contribution in [1.29, 1.82) is 0 Å². The second-order valence-corrected chi connectivity index (χ2v) is 4.46.